The molecule has 4 rings (SSSR count). The molecule has 0 radical (unpaired) electrons. The minimum atomic E-state index is -1.27. The lowest BCUT2D eigenvalue weighted by atomic mass is 10.0. The van der Waals surface area contributed by atoms with E-state index in [-0.39, 0.29) is 5.69 Å². The maximum atomic E-state index is 13.6. The maximum absolute atomic E-state index is 13.6. The molecule has 3 amide bonds. The topological polar surface area (TPSA) is 117 Å². The standard InChI is InChI=1S/C23H18FN5O4/c1-28-18-10-6-5-9-16(18)20(14-7-3-2-4-8-14)26-21(22(28)30)27-23(31)25-15-11-12-17(24)19(13-15)29(32)33/h2-13,21H,1H3,(H2,25,27,31). The van der Waals surface area contributed by atoms with Gasteiger partial charge in [0.1, 0.15) is 0 Å². The molecule has 9 nitrogen and oxygen atoms in total. The van der Waals surface area contributed by atoms with E-state index in [4.69, 9.17) is 0 Å². The lowest BCUT2D eigenvalue weighted by Crippen LogP contribution is -2.47. The zero-order valence-electron chi connectivity index (χ0n) is 17.4. The fraction of sp³-hybridized carbons (Fsp3) is 0.0870. The molecule has 0 saturated heterocycles. The van der Waals surface area contributed by atoms with Gasteiger partial charge in [-0.3, -0.25) is 14.9 Å². The number of halogens is 1. The van der Waals surface area contributed by atoms with Gasteiger partial charge in [0.15, 0.2) is 0 Å². The van der Waals surface area contributed by atoms with E-state index in [1.54, 1.807) is 19.2 Å². The lowest BCUT2D eigenvalue weighted by Gasteiger charge is -2.21. The molecule has 0 bridgehead atoms. The van der Waals surface area contributed by atoms with E-state index in [9.17, 15) is 24.1 Å². The Morgan fingerprint density at radius 2 is 1.79 bits per heavy atom. The summed E-state index contributed by atoms with van der Waals surface area (Å²) in [5.41, 5.74) is 1.84. The number of carbonyl (C=O) groups excluding carboxylic acids is 2. The number of para-hydroxylation sites is 1. The quantitative estimate of drug-likeness (QED) is 0.468. The van der Waals surface area contributed by atoms with Crippen LogP contribution in [0.1, 0.15) is 11.1 Å². The molecule has 10 heteroatoms. The van der Waals surface area contributed by atoms with Gasteiger partial charge >= 0.3 is 11.7 Å². The number of rotatable bonds is 4. The second-order valence-corrected chi connectivity index (χ2v) is 7.18. The number of benzodiazepines with no additional fused rings is 1. The molecule has 0 spiro atoms. The Bertz CT molecular complexity index is 1280. The van der Waals surface area contributed by atoms with Crippen LogP contribution in [0.25, 0.3) is 0 Å². The van der Waals surface area contributed by atoms with E-state index in [1.165, 1.54) is 11.0 Å². The van der Waals surface area contributed by atoms with E-state index >= 15 is 0 Å². The van der Waals surface area contributed by atoms with Gasteiger partial charge in [-0.1, -0.05) is 48.5 Å². The molecule has 1 aliphatic heterocycles. The highest BCUT2D eigenvalue weighted by Gasteiger charge is 2.31. The first-order valence-electron chi connectivity index (χ1n) is 9.87. The molecule has 0 aliphatic carbocycles. The van der Waals surface area contributed by atoms with Gasteiger partial charge in [-0.05, 0) is 18.2 Å². The van der Waals surface area contributed by atoms with Gasteiger partial charge in [-0.15, -0.1) is 0 Å². The number of nitrogens with zero attached hydrogens (tertiary/aromatic N) is 3. The minimum absolute atomic E-state index is 0.00873. The summed E-state index contributed by atoms with van der Waals surface area (Å²) >= 11 is 0. The first-order valence-corrected chi connectivity index (χ1v) is 9.87. The Labute approximate surface area is 187 Å². The van der Waals surface area contributed by atoms with E-state index < -0.39 is 34.5 Å². The average molecular weight is 447 g/mol. The highest BCUT2D eigenvalue weighted by molar-refractivity contribution is 6.20. The van der Waals surface area contributed by atoms with Crippen LogP contribution in [0.2, 0.25) is 0 Å². The van der Waals surface area contributed by atoms with Gasteiger partial charge in [-0.25, -0.2) is 9.79 Å². The summed E-state index contributed by atoms with van der Waals surface area (Å²) in [5.74, 6) is -1.50. The number of anilines is 2. The van der Waals surface area contributed by atoms with Crippen LogP contribution < -0.4 is 15.5 Å². The second kappa shape index (κ2) is 8.87. The Kier molecular flexibility index (Phi) is 5.81. The SMILES string of the molecule is CN1C(=O)C(NC(=O)Nc2ccc(F)c([N+](=O)[O-])c2)N=C(c2ccccc2)c2ccccc21. The molecular formula is C23H18FN5O4. The number of nitro groups is 1. The van der Waals surface area contributed by atoms with Crippen molar-refractivity contribution in [1.29, 1.82) is 0 Å². The van der Waals surface area contributed by atoms with E-state index in [0.717, 1.165) is 23.3 Å². The maximum Gasteiger partial charge on any atom is 0.321 e. The first kappa shape index (κ1) is 21.6. The van der Waals surface area contributed by atoms with Crippen molar-refractivity contribution in [3.05, 3.63) is 99.9 Å². The van der Waals surface area contributed by atoms with Crippen LogP contribution in [0.15, 0.2) is 77.8 Å². The van der Waals surface area contributed by atoms with E-state index in [0.29, 0.717) is 11.4 Å². The third-order valence-corrected chi connectivity index (χ3v) is 5.06. The van der Waals surface area contributed by atoms with Crippen LogP contribution in [-0.2, 0) is 4.79 Å². The molecule has 1 heterocycles. The predicted molar refractivity (Wildman–Crippen MR) is 121 cm³/mol. The van der Waals surface area contributed by atoms with Gasteiger partial charge in [0, 0.05) is 29.9 Å². The molecule has 1 aliphatic rings. The van der Waals surface area contributed by atoms with Crippen molar-refractivity contribution in [2.75, 3.05) is 17.3 Å². The van der Waals surface area contributed by atoms with Crippen LogP contribution in [-0.4, -0.2) is 35.8 Å². The number of carbonyl (C=O) groups is 2. The van der Waals surface area contributed by atoms with Gasteiger partial charge in [-0.2, -0.15) is 4.39 Å². The number of urea groups is 1. The summed E-state index contributed by atoms with van der Waals surface area (Å²) in [6.45, 7) is 0. The van der Waals surface area contributed by atoms with Gasteiger partial charge in [0.2, 0.25) is 12.0 Å². The van der Waals surface area contributed by atoms with Gasteiger partial charge in [0.05, 0.1) is 16.3 Å². The van der Waals surface area contributed by atoms with Crippen LogP contribution in [0, 0.1) is 15.9 Å². The number of aliphatic imine (C=N–C) groups is 1. The Morgan fingerprint density at radius 3 is 2.52 bits per heavy atom. The van der Waals surface area contributed by atoms with Crippen LogP contribution in [0.3, 0.4) is 0 Å². The third-order valence-electron chi connectivity index (χ3n) is 5.06. The highest BCUT2D eigenvalue weighted by Crippen LogP contribution is 2.27. The van der Waals surface area contributed by atoms with Crippen LogP contribution in [0.4, 0.5) is 26.2 Å². The van der Waals surface area contributed by atoms with Gasteiger partial charge < -0.3 is 15.5 Å². The van der Waals surface area contributed by atoms with Crippen molar-refractivity contribution in [2.24, 2.45) is 4.99 Å². The number of amides is 3. The zero-order chi connectivity index (χ0) is 23.5. The molecule has 33 heavy (non-hydrogen) atoms. The Morgan fingerprint density at radius 1 is 1.09 bits per heavy atom. The van der Waals surface area contributed by atoms with Crippen molar-refractivity contribution < 1.29 is 18.9 Å². The summed E-state index contributed by atoms with van der Waals surface area (Å²) in [4.78, 5) is 41.7. The number of benzene rings is 3. The molecule has 1 atom stereocenters. The number of hydrogen-bond acceptors (Lipinski definition) is 5. The molecule has 2 N–H and O–H groups in total. The van der Waals surface area contributed by atoms with Crippen molar-refractivity contribution >= 4 is 34.7 Å². The Hall–Kier alpha value is -4.60. The van der Waals surface area contributed by atoms with Crippen molar-refractivity contribution in [1.82, 2.24) is 5.32 Å². The average Bonchev–Trinajstić information content (AvgIpc) is 2.91. The summed E-state index contributed by atoms with van der Waals surface area (Å²) in [5, 5.41) is 15.8. The largest absolute Gasteiger partial charge is 0.321 e. The predicted octanol–water partition coefficient (Wildman–Crippen LogP) is 3.70. The third kappa shape index (κ3) is 4.40. The number of nitro benzene ring substituents is 1. The Balaban J connectivity index is 1.66. The smallest absolute Gasteiger partial charge is 0.311 e. The molecule has 0 fully saturated rings. The van der Waals surface area contributed by atoms with E-state index in [1.807, 2.05) is 42.5 Å². The summed E-state index contributed by atoms with van der Waals surface area (Å²) < 4.78 is 13.6. The number of fused-ring (bicyclic) bond motifs is 1. The van der Waals surface area contributed by atoms with Crippen molar-refractivity contribution in [3.63, 3.8) is 0 Å². The fourth-order valence-corrected chi connectivity index (χ4v) is 3.46. The monoisotopic (exact) mass is 447 g/mol. The van der Waals surface area contributed by atoms with Crippen molar-refractivity contribution in [2.45, 2.75) is 6.17 Å². The zero-order valence-corrected chi connectivity index (χ0v) is 17.4. The second-order valence-electron chi connectivity index (χ2n) is 7.18. The van der Waals surface area contributed by atoms with Crippen molar-refractivity contribution in [3.8, 4) is 0 Å². The van der Waals surface area contributed by atoms with Crippen LogP contribution >= 0.6 is 0 Å². The number of likely N-dealkylation sites (N-methyl/N-ethyl adjacent to an activating group) is 1. The molecule has 3 aromatic rings. The van der Waals surface area contributed by atoms with E-state index in [2.05, 4.69) is 15.6 Å². The molecular weight excluding hydrogens is 429 g/mol. The fourth-order valence-electron chi connectivity index (χ4n) is 3.46. The molecule has 0 aromatic heterocycles. The lowest BCUT2D eigenvalue weighted by molar-refractivity contribution is -0.387. The first-order chi connectivity index (χ1) is 15.8. The minimum Gasteiger partial charge on any atom is -0.311 e. The number of nitrogens with one attached hydrogen (secondary N) is 2. The summed E-state index contributed by atoms with van der Waals surface area (Å²) in [7, 11) is 1.58. The summed E-state index contributed by atoms with van der Waals surface area (Å²) in [6.07, 6.45) is -1.27. The molecule has 0 saturated carbocycles. The molecule has 3 aromatic carbocycles. The molecule has 166 valence electrons. The normalized spacial score (nSPS) is 15.2. The summed E-state index contributed by atoms with van der Waals surface area (Å²) in [6, 6.07) is 18.6. The molecule has 1 unspecified atom stereocenters. The highest BCUT2D eigenvalue weighted by atomic mass is 19.1. The van der Waals surface area contributed by atoms with Crippen LogP contribution in [0.5, 0.6) is 0 Å². The number of hydrogen-bond donors (Lipinski definition) is 2. The van der Waals surface area contributed by atoms with Gasteiger partial charge in [0.25, 0.3) is 5.91 Å².